The van der Waals surface area contributed by atoms with Gasteiger partial charge >= 0.3 is 0 Å². The summed E-state index contributed by atoms with van der Waals surface area (Å²) < 4.78 is 0. The highest BCUT2D eigenvalue weighted by atomic mass is 16.2. The van der Waals surface area contributed by atoms with E-state index in [0.717, 1.165) is 19.6 Å². The molecule has 0 unspecified atom stereocenters. The maximum absolute atomic E-state index is 11.8. The number of carbonyl (C=O) groups excluding carboxylic acids is 2. The summed E-state index contributed by atoms with van der Waals surface area (Å²) in [5.41, 5.74) is 0.892. The first-order valence-electron chi connectivity index (χ1n) is 6.29. The van der Waals surface area contributed by atoms with Crippen molar-refractivity contribution in [1.29, 1.82) is 0 Å². The van der Waals surface area contributed by atoms with E-state index in [-0.39, 0.29) is 11.7 Å². The summed E-state index contributed by atoms with van der Waals surface area (Å²) in [4.78, 5) is 27.9. The van der Waals surface area contributed by atoms with Gasteiger partial charge in [0.1, 0.15) is 5.69 Å². The van der Waals surface area contributed by atoms with E-state index in [9.17, 15) is 9.59 Å². The fraction of sp³-hybridized carbons (Fsp3) is 0.538. The number of nitrogens with zero attached hydrogens (tertiary/aromatic N) is 1. The van der Waals surface area contributed by atoms with Crippen LogP contribution in [0.25, 0.3) is 0 Å². The Morgan fingerprint density at radius 2 is 1.83 bits per heavy atom. The van der Waals surface area contributed by atoms with E-state index in [1.807, 2.05) is 0 Å². The zero-order chi connectivity index (χ0) is 13.5. The molecule has 0 fully saturated rings. The molecule has 0 aliphatic carbocycles. The third kappa shape index (κ3) is 4.00. The quantitative estimate of drug-likeness (QED) is 0.718. The highest BCUT2D eigenvalue weighted by molar-refractivity contribution is 5.97. The van der Waals surface area contributed by atoms with E-state index < -0.39 is 0 Å². The Morgan fingerprint density at radius 1 is 1.22 bits per heavy atom. The second-order valence-electron chi connectivity index (χ2n) is 4.12. The van der Waals surface area contributed by atoms with Crippen LogP contribution in [-0.2, 0) is 0 Å². The summed E-state index contributed by atoms with van der Waals surface area (Å²) in [7, 11) is 0. The Morgan fingerprint density at radius 3 is 2.33 bits per heavy atom. The number of nitrogens with one attached hydrogen (secondary N) is 2. The zero-order valence-electron chi connectivity index (χ0n) is 11.2. The molecule has 1 aromatic heterocycles. The SMILES string of the molecule is CCN(CC)CCNC(=O)c1ccc(C(C)=O)[nH]1. The summed E-state index contributed by atoms with van der Waals surface area (Å²) in [5, 5.41) is 2.83. The number of hydrogen-bond acceptors (Lipinski definition) is 3. The largest absolute Gasteiger partial charge is 0.349 e. The van der Waals surface area contributed by atoms with E-state index in [1.54, 1.807) is 12.1 Å². The number of ketones is 1. The highest BCUT2D eigenvalue weighted by Crippen LogP contribution is 2.02. The number of aromatic amines is 1. The van der Waals surface area contributed by atoms with Crippen molar-refractivity contribution in [2.75, 3.05) is 26.2 Å². The molecule has 100 valence electrons. The molecule has 1 heterocycles. The fourth-order valence-corrected chi connectivity index (χ4v) is 1.70. The Hall–Kier alpha value is -1.62. The van der Waals surface area contributed by atoms with Crippen LogP contribution in [0.1, 0.15) is 41.7 Å². The average molecular weight is 251 g/mol. The number of rotatable bonds is 7. The van der Waals surface area contributed by atoms with Crippen molar-refractivity contribution >= 4 is 11.7 Å². The molecule has 0 aromatic carbocycles. The lowest BCUT2D eigenvalue weighted by molar-refractivity contribution is 0.0944. The molecule has 0 spiro atoms. The van der Waals surface area contributed by atoms with Gasteiger partial charge in [-0.2, -0.15) is 0 Å². The molecule has 0 aliphatic rings. The van der Waals surface area contributed by atoms with E-state index in [2.05, 4.69) is 29.0 Å². The Bertz CT molecular complexity index is 408. The summed E-state index contributed by atoms with van der Waals surface area (Å²) in [6.45, 7) is 9.04. The molecule has 0 radical (unpaired) electrons. The molecule has 0 saturated heterocycles. The van der Waals surface area contributed by atoms with Gasteiger partial charge in [0.05, 0.1) is 5.69 Å². The maximum atomic E-state index is 11.8. The lowest BCUT2D eigenvalue weighted by atomic mass is 10.3. The van der Waals surface area contributed by atoms with Crippen LogP contribution in [0.2, 0.25) is 0 Å². The predicted molar refractivity (Wildman–Crippen MR) is 70.9 cm³/mol. The number of amides is 1. The molecule has 0 saturated carbocycles. The standard InChI is InChI=1S/C13H21N3O2/c1-4-16(5-2)9-8-14-13(18)12-7-6-11(15-12)10(3)17/h6-7,15H,4-5,8-9H2,1-3H3,(H,14,18). The maximum Gasteiger partial charge on any atom is 0.267 e. The summed E-state index contributed by atoms with van der Waals surface area (Å²) in [6, 6.07) is 3.26. The first-order valence-corrected chi connectivity index (χ1v) is 6.29. The van der Waals surface area contributed by atoms with Crippen LogP contribution in [0.15, 0.2) is 12.1 Å². The lowest BCUT2D eigenvalue weighted by Gasteiger charge is -2.17. The third-order valence-corrected chi connectivity index (χ3v) is 2.92. The van der Waals surface area contributed by atoms with E-state index in [1.165, 1.54) is 6.92 Å². The van der Waals surface area contributed by atoms with E-state index >= 15 is 0 Å². The highest BCUT2D eigenvalue weighted by Gasteiger charge is 2.10. The molecular formula is C13H21N3O2. The molecule has 5 heteroatoms. The second-order valence-corrected chi connectivity index (χ2v) is 4.12. The van der Waals surface area contributed by atoms with E-state index in [4.69, 9.17) is 0 Å². The summed E-state index contributed by atoms with van der Waals surface area (Å²) >= 11 is 0. The van der Waals surface area contributed by atoms with Crippen LogP contribution < -0.4 is 5.32 Å². The van der Waals surface area contributed by atoms with E-state index in [0.29, 0.717) is 17.9 Å². The number of carbonyl (C=O) groups is 2. The minimum absolute atomic E-state index is 0.0720. The molecule has 0 bridgehead atoms. The summed E-state index contributed by atoms with van der Waals surface area (Å²) in [6.07, 6.45) is 0. The van der Waals surface area contributed by atoms with Crippen LogP contribution >= 0.6 is 0 Å². The first-order chi connectivity index (χ1) is 8.58. The molecule has 2 N–H and O–H groups in total. The summed E-state index contributed by atoms with van der Waals surface area (Å²) in [5.74, 6) is -0.244. The van der Waals surface area contributed by atoms with Crippen LogP contribution in [0.5, 0.6) is 0 Å². The number of H-pyrrole nitrogens is 1. The third-order valence-electron chi connectivity index (χ3n) is 2.92. The van der Waals surface area contributed by atoms with Crippen molar-refractivity contribution in [3.05, 3.63) is 23.5 Å². The number of likely N-dealkylation sites (N-methyl/N-ethyl adjacent to an activating group) is 1. The Balaban J connectivity index is 2.42. The average Bonchev–Trinajstić information content (AvgIpc) is 2.84. The molecule has 1 amide bonds. The molecular weight excluding hydrogens is 230 g/mol. The van der Waals surface area contributed by atoms with Gasteiger partial charge in [0, 0.05) is 20.0 Å². The van der Waals surface area contributed by atoms with Gasteiger partial charge in [0.15, 0.2) is 5.78 Å². The van der Waals surface area contributed by atoms with Gasteiger partial charge in [-0.25, -0.2) is 0 Å². The number of Topliss-reactive ketones (excluding diaryl/α,β-unsaturated/α-hetero) is 1. The van der Waals surface area contributed by atoms with Crippen molar-refractivity contribution in [3.8, 4) is 0 Å². The normalized spacial score (nSPS) is 10.7. The fourth-order valence-electron chi connectivity index (χ4n) is 1.70. The minimum atomic E-state index is -0.172. The van der Waals surface area contributed by atoms with Crippen molar-refractivity contribution in [3.63, 3.8) is 0 Å². The van der Waals surface area contributed by atoms with Crippen molar-refractivity contribution < 1.29 is 9.59 Å². The van der Waals surface area contributed by atoms with Gasteiger partial charge in [-0.3, -0.25) is 9.59 Å². The topological polar surface area (TPSA) is 65.2 Å². The zero-order valence-corrected chi connectivity index (χ0v) is 11.2. The monoisotopic (exact) mass is 251 g/mol. The van der Waals surface area contributed by atoms with Gasteiger partial charge in [-0.15, -0.1) is 0 Å². The van der Waals surface area contributed by atoms with Crippen LogP contribution in [-0.4, -0.2) is 47.8 Å². The van der Waals surface area contributed by atoms with Gasteiger partial charge in [0.2, 0.25) is 0 Å². The van der Waals surface area contributed by atoms with Gasteiger partial charge in [0.25, 0.3) is 5.91 Å². The first kappa shape index (κ1) is 14.4. The smallest absolute Gasteiger partial charge is 0.267 e. The number of hydrogen-bond donors (Lipinski definition) is 2. The minimum Gasteiger partial charge on any atom is -0.349 e. The molecule has 0 atom stereocenters. The Kier molecular flexibility index (Phi) is 5.58. The molecule has 1 rings (SSSR count). The molecule has 0 aliphatic heterocycles. The van der Waals surface area contributed by atoms with Gasteiger partial charge < -0.3 is 15.2 Å². The van der Waals surface area contributed by atoms with Crippen LogP contribution in [0, 0.1) is 0 Å². The molecule has 18 heavy (non-hydrogen) atoms. The van der Waals surface area contributed by atoms with Gasteiger partial charge in [-0.05, 0) is 25.2 Å². The van der Waals surface area contributed by atoms with Gasteiger partial charge in [-0.1, -0.05) is 13.8 Å². The molecule has 5 nitrogen and oxygen atoms in total. The van der Waals surface area contributed by atoms with Crippen molar-refractivity contribution in [2.24, 2.45) is 0 Å². The van der Waals surface area contributed by atoms with Crippen LogP contribution in [0.4, 0.5) is 0 Å². The predicted octanol–water partition coefficient (Wildman–Crippen LogP) is 1.29. The van der Waals surface area contributed by atoms with Crippen LogP contribution in [0.3, 0.4) is 0 Å². The second kappa shape index (κ2) is 6.96. The lowest BCUT2D eigenvalue weighted by Crippen LogP contribution is -2.34. The Labute approximate surface area is 108 Å². The molecule has 1 aromatic rings. The van der Waals surface area contributed by atoms with Crippen molar-refractivity contribution in [1.82, 2.24) is 15.2 Å². The number of aromatic nitrogens is 1. The van der Waals surface area contributed by atoms with Crippen molar-refractivity contribution in [2.45, 2.75) is 20.8 Å².